The Morgan fingerprint density at radius 1 is 1.33 bits per heavy atom. The number of thioether (sulfide) groups is 1. The Balaban J connectivity index is 2.57. The maximum Gasteiger partial charge on any atom is 0.0587 e. The molecule has 18 heavy (non-hydrogen) atoms. The Hall–Kier alpha value is -0.0300. The lowest BCUT2D eigenvalue weighted by Crippen LogP contribution is -2.18. The van der Waals surface area contributed by atoms with Crippen molar-refractivity contribution >= 4 is 27.7 Å². The second-order valence-corrected chi connectivity index (χ2v) is 7.89. The van der Waals surface area contributed by atoms with Crippen molar-refractivity contribution in [3.8, 4) is 0 Å². The van der Waals surface area contributed by atoms with Crippen molar-refractivity contribution in [2.75, 3.05) is 20.3 Å². The first-order valence-corrected chi connectivity index (χ1v) is 7.70. The number of hydrogen-bond acceptors (Lipinski definition) is 3. The topological polar surface area (TPSA) is 21.3 Å². The molecule has 0 saturated carbocycles. The Labute approximate surface area is 123 Å². The summed E-state index contributed by atoms with van der Waals surface area (Å²) >= 11 is 5.52. The van der Waals surface area contributed by atoms with Crippen molar-refractivity contribution in [2.24, 2.45) is 0 Å². The molecule has 0 aliphatic heterocycles. The summed E-state index contributed by atoms with van der Waals surface area (Å²) in [7, 11) is 1.72. The summed E-state index contributed by atoms with van der Waals surface area (Å²) in [5.74, 6) is 0. The van der Waals surface area contributed by atoms with Gasteiger partial charge < -0.3 is 10.1 Å². The van der Waals surface area contributed by atoms with Crippen LogP contribution in [-0.2, 0) is 11.3 Å². The first kappa shape index (κ1) is 16.0. The van der Waals surface area contributed by atoms with Crippen molar-refractivity contribution < 1.29 is 4.74 Å². The third kappa shape index (κ3) is 6.23. The van der Waals surface area contributed by atoms with E-state index < -0.39 is 0 Å². The SMILES string of the molecule is COCCNCc1ccc(SC(C)(C)C)cc1Br. The molecule has 0 atom stereocenters. The Morgan fingerprint density at radius 3 is 2.61 bits per heavy atom. The van der Waals surface area contributed by atoms with Crippen LogP contribution < -0.4 is 5.32 Å². The van der Waals surface area contributed by atoms with Crippen LogP contribution in [0.1, 0.15) is 26.3 Å². The molecule has 0 unspecified atom stereocenters. The number of rotatable bonds is 6. The van der Waals surface area contributed by atoms with Crippen molar-refractivity contribution in [1.82, 2.24) is 5.32 Å². The molecule has 0 saturated heterocycles. The van der Waals surface area contributed by atoms with Gasteiger partial charge in [0.05, 0.1) is 6.61 Å². The second kappa shape index (κ2) is 7.53. The highest BCUT2D eigenvalue weighted by Gasteiger charge is 2.12. The molecule has 0 spiro atoms. The highest BCUT2D eigenvalue weighted by molar-refractivity contribution is 9.10. The van der Waals surface area contributed by atoms with E-state index in [-0.39, 0.29) is 4.75 Å². The maximum absolute atomic E-state index is 5.01. The predicted molar refractivity (Wildman–Crippen MR) is 83.3 cm³/mol. The fourth-order valence-electron chi connectivity index (χ4n) is 1.49. The van der Waals surface area contributed by atoms with E-state index in [2.05, 4.69) is 60.2 Å². The largest absolute Gasteiger partial charge is 0.383 e. The maximum atomic E-state index is 5.01. The van der Waals surface area contributed by atoms with Gasteiger partial charge in [-0.25, -0.2) is 0 Å². The molecule has 1 N–H and O–H groups in total. The Kier molecular flexibility index (Phi) is 6.71. The van der Waals surface area contributed by atoms with Crippen molar-refractivity contribution in [1.29, 1.82) is 0 Å². The summed E-state index contributed by atoms with van der Waals surface area (Å²) in [6.07, 6.45) is 0. The van der Waals surface area contributed by atoms with Gasteiger partial charge >= 0.3 is 0 Å². The summed E-state index contributed by atoms with van der Waals surface area (Å²) in [6, 6.07) is 6.56. The van der Waals surface area contributed by atoms with Crippen LogP contribution in [0.25, 0.3) is 0 Å². The summed E-state index contributed by atoms with van der Waals surface area (Å²) in [5.41, 5.74) is 1.28. The number of benzene rings is 1. The van der Waals surface area contributed by atoms with E-state index in [0.29, 0.717) is 0 Å². The zero-order valence-electron chi connectivity index (χ0n) is 11.5. The van der Waals surface area contributed by atoms with Crippen LogP contribution in [0, 0.1) is 0 Å². The zero-order valence-corrected chi connectivity index (χ0v) is 14.0. The molecule has 0 bridgehead atoms. The van der Waals surface area contributed by atoms with Crippen molar-refractivity contribution in [3.63, 3.8) is 0 Å². The van der Waals surface area contributed by atoms with Crippen molar-refractivity contribution in [3.05, 3.63) is 28.2 Å². The number of hydrogen-bond donors (Lipinski definition) is 1. The fraction of sp³-hybridized carbons (Fsp3) is 0.571. The highest BCUT2D eigenvalue weighted by atomic mass is 79.9. The predicted octanol–water partition coefficient (Wildman–Crippen LogP) is 4.08. The van der Waals surface area contributed by atoms with Crippen LogP contribution in [0.5, 0.6) is 0 Å². The standard InChI is InChI=1S/C14H22BrNOS/c1-14(2,3)18-12-6-5-11(13(15)9-12)10-16-7-8-17-4/h5-6,9,16H,7-8,10H2,1-4H3. The molecule has 2 nitrogen and oxygen atoms in total. The third-order valence-electron chi connectivity index (χ3n) is 2.25. The summed E-state index contributed by atoms with van der Waals surface area (Å²) in [6.45, 7) is 9.17. The van der Waals surface area contributed by atoms with Gasteiger partial charge in [0.2, 0.25) is 0 Å². The summed E-state index contributed by atoms with van der Waals surface area (Å²) in [5, 5.41) is 3.35. The fourth-order valence-corrected chi connectivity index (χ4v) is 3.18. The minimum absolute atomic E-state index is 0.248. The second-order valence-electron chi connectivity index (χ2n) is 5.14. The molecule has 0 radical (unpaired) electrons. The highest BCUT2D eigenvalue weighted by Crippen LogP contribution is 2.34. The molecule has 0 heterocycles. The number of methoxy groups -OCH3 is 1. The zero-order chi connectivity index (χ0) is 13.6. The molecular weight excluding hydrogens is 310 g/mol. The first-order valence-electron chi connectivity index (χ1n) is 6.09. The first-order chi connectivity index (χ1) is 8.42. The lowest BCUT2D eigenvalue weighted by molar-refractivity contribution is 0.199. The van der Waals surface area contributed by atoms with E-state index in [1.54, 1.807) is 7.11 Å². The lowest BCUT2D eigenvalue weighted by Gasteiger charge is -2.18. The van der Waals surface area contributed by atoms with E-state index >= 15 is 0 Å². The third-order valence-corrected chi connectivity index (χ3v) is 4.09. The van der Waals surface area contributed by atoms with E-state index in [9.17, 15) is 0 Å². The van der Waals surface area contributed by atoms with Crippen LogP contribution in [0.4, 0.5) is 0 Å². The van der Waals surface area contributed by atoms with Gasteiger partial charge in [-0.05, 0) is 17.7 Å². The molecule has 4 heteroatoms. The van der Waals surface area contributed by atoms with Gasteiger partial charge in [-0.1, -0.05) is 42.8 Å². The minimum atomic E-state index is 0.248. The van der Waals surface area contributed by atoms with Gasteiger partial charge in [-0.15, -0.1) is 11.8 Å². The number of nitrogens with one attached hydrogen (secondary N) is 1. The van der Waals surface area contributed by atoms with Gasteiger partial charge in [0.1, 0.15) is 0 Å². The van der Waals surface area contributed by atoms with Gasteiger partial charge in [0.25, 0.3) is 0 Å². The van der Waals surface area contributed by atoms with Crippen LogP contribution in [0.2, 0.25) is 0 Å². The van der Waals surface area contributed by atoms with E-state index in [1.807, 2.05) is 11.8 Å². The normalized spacial score (nSPS) is 11.8. The van der Waals surface area contributed by atoms with Gasteiger partial charge in [0, 0.05) is 34.3 Å². The van der Waals surface area contributed by atoms with Crippen LogP contribution >= 0.6 is 27.7 Å². The Morgan fingerprint density at radius 2 is 2.06 bits per heavy atom. The molecule has 0 aliphatic rings. The molecular formula is C14H22BrNOS. The van der Waals surface area contributed by atoms with Crippen LogP contribution in [0.3, 0.4) is 0 Å². The smallest absolute Gasteiger partial charge is 0.0587 e. The summed E-state index contributed by atoms with van der Waals surface area (Å²) in [4.78, 5) is 1.30. The molecule has 1 rings (SSSR count). The molecule has 0 aliphatic carbocycles. The molecule has 0 fully saturated rings. The molecule has 1 aromatic rings. The number of ether oxygens (including phenoxy) is 1. The van der Waals surface area contributed by atoms with Gasteiger partial charge in [-0.2, -0.15) is 0 Å². The molecule has 0 aromatic heterocycles. The minimum Gasteiger partial charge on any atom is -0.383 e. The van der Waals surface area contributed by atoms with Gasteiger partial charge in [-0.3, -0.25) is 0 Å². The van der Waals surface area contributed by atoms with E-state index in [4.69, 9.17) is 4.74 Å². The van der Waals surface area contributed by atoms with Crippen molar-refractivity contribution in [2.45, 2.75) is 37.0 Å². The molecule has 0 amide bonds. The van der Waals surface area contributed by atoms with E-state index in [1.165, 1.54) is 14.9 Å². The lowest BCUT2D eigenvalue weighted by atomic mass is 10.2. The average Bonchev–Trinajstić information content (AvgIpc) is 2.24. The summed E-state index contributed by atoms with van der Waals surface area (Å²) < 4.78 is 6.42. The van der Waals surface area contributed by atoms with Gasteiger partial charge in [0.15, 0.2) is 0 Å². The van der Waals surface area contributed by atoms with Crippen LogP contribution in [-0.4, -0.2) is 25.0 Å². The average molecular weight is 332 g/mol. The number of halogens is 1. The Bertz CT molecular complexity index is 377. The monoisotopic (exact) mass is 331 g/mol. The van der Waals surface area contributed by atoms with E-state index in [0.717, 1.165) is 19.7 Å². The molecule has 1 aromatic carbocycles. The molecule has 102 valence electrons. The van der Waals surface area contributed by atoms with Crippen LogP contribution in [0.15, 0.2) is 27.6 Å². The quantitative estimate of drug-likeness (QED) is 0.627.